The number of carboxylic acid groups (broad SMARTS) is 2. The second-order valence-corrected chi connectivity index (χ2v) is 15.1. The number of aliphatic carboxylic acids is 2. The topological polar surface area (TPSA) is 212 Å². The van der Waals surface area contributed by atoms with Crippen molar-refractivity contribution in [2.45, 2.75) is 65.2 Å². The molecule has 316 valence electrons. The molecule has 0 aliphatic rings. The van der Waals surface area contributed by atoms with Crippen molar-refractivity contribution >= 4 is 34.4 Å². The first kappa shape index (κ1) is 44.2. The molecule has 4 aromatic carbocycles. The molecule has 0 fully saturated rings. The Morgan fingerprint density at radius 3 is 2.23 bits per heavy atom. The van der Waals surface area contributed by atoms with Gasteiger partial charge in [-0.3, -0.25) is 19.3 Å². The highest BCUT2D eigenvalue weighted by atomic mass is 35.5. The Hall–Kier alpha value is -6.34. The fourth-order valence-corrected chi connectivity index (χ4v) is 7.32. The summed E-state index contributed by atoms with van der Waals surface area (Å²) in [5.41, 5.74) is 10.1. The minimum absolute atomic E-state index is 0.0428. The third-order valence-corrected chi connectivity index (χ3v) is 10.5. The molecule has 2 atom stereocenters. The number of halogens is 1. The van der Waals surface area contributed by atoms with Gasteiger partial charge in [0, 0.05) is 61.2 Å². The van der Waals surface area contributed by atoms with E-state index < -0.39 is 30.6 Å². The first-order valence-electron chi connectivity index (χ1n) is 19.7. The maximum atomic E-state index is 11.0. The molecule has 61 heavy (non-hydrogen) atoms. The van der Waals surface area contributed by atoms with E-state index >= 15 is 0 Å². The number of hydrogen-bond acceptors (Lipinski definition) is 11. The number of nitrogens with zero attached hydrogens (tertiary/aromatic N) is 4. The van der Waals surface area contributed by atoms with Crippen molar-refractivity contribution in [3.8, 4) is 39.8 Å². The smallest absolute Gasteiger partial charge is 0.306 e. The van der Waals surface area contributed by atoms with Gasteiger partial charge in [0.2, 0.25) is 0 Å². The molecule has 0 amide bonds. The van der Waals surface area contributed by atoms with Crippen LogP contribution < -0.4 is 20.1 Å². The van der Waals surface area contributed by atoms with Crippen LogP contribution in [-0.4, -0.2) is 79.0 Å². The summed E-state index contributed by atoms with van der Waals surface area (Å²) in [6.45, 7) is 6.03. The minimum Gasteiger partial charge on any atom is -0.488 e. The zero-order valence-electron chi connectivity index (χ0n) is 33.8. The van der Waals surface area contributed by atoms with Crippen molar-refractivity contribution in [1.82, 2.24) is 25.4 Å². The molecule has 6 aromatic rings. The van der Waals surface area contributed by atoms with E-state index in [9.17, 15) is 25.1 Å². The molecule has 0 saturated carbocycles. The fourth-order valence-electron chi connectivity index (χ4n) is 7.08. The summed E-state index contributed by atoms with van der Waals surface area (Å²) >= 11 is 6.77. The number of aliphatic hydroxyl groups is 2. The molecular weight excluding hydrogens is 800 g/mol. The number of nitrogens with one attached hydrogen (secondary N) is 2. The summed E-state index contributed by atoms with van der Waals surface area (Å²) in [5, 5.41) is 59.1. The van der Waals surface area contributed by atoms with Crippen LogP contribution in [-0.2, 0) is 35.9 Å². The number of fused-ring (bicyclic) bond motifs is 1. The number of carbonyl (C=O) groups is 2. The largest absolute Gasteiger partial charge is 0.488 e. The van der Waals surface area contributed by atoms with E-state index in [2.05, 4.69) is 77.0 Å². The number of nitriles is 1. The predicted octanol–water partition coefficient (Wildman–Crippen LogP) is 6.42. The molecule has 0 bridgehead atoms. The number of carboxylic acids is 2. The van der Waals surface area contributed by atoms with Crippen molar-refractivity contribution in [2.75, 3.05) is 19.6 Å². The van der Waals surface area contributed by atoms with Crippen LogP contribution in [0.3, 0.4) is 0 Å². The molecule has 6 N–H and O–H groups in total. The molecule has 0 aliphatic heterocycles. The highest BCUT2D eigenvalue weighted by Gasteiger charge is 2.17. The van der Waals surface area contributed by atoms with Gasteiger partial charge in [-0.2, -0.15) is 10.4 Å². The quantitative estimate of drug-likeness (QED) is 0.0433. The molecular formula is C46H47ClN6O8. The predicted molar refractivity (Wildman–Crippen MR) is 230 cm³/mol. The van der Waals surface area contributed by atoms with Crippen LogP contribution in [0.1, 0.15) is 46.2 Å². The van der Waals surface area contributed by atoms with Crippen molar-refractivity contribution in [1.29, 1.82) is 5.26 Å². The molecule has 0 aliphatic carbocycles. The number of hydrogen-bond donors (Lipinski definition) is 6. The number of aliphatic hydroxyl groups excluding tert-OH is 2. The minimum atomic E-state index is -1.10. The van der Waals surface area contributed by atoms with Crippen LogP contribution >= 0.6 is 11.6 Å². The number of aromatic nitrogens is 3. The molecule has 14 nitrogen and oxygen atoms in total. The van der Waals surface area contributed by atoms with E-state index in [0.717, 1.165) is 49.8 Å². The number of benzene rings is 4. The molecule has 0 saturated heterocycles. The Balaban J connectivity index is 1.18. The van der Waals surface area contributed by atoms with E-state index in [1.165, 1.54) is 6.20 Å². The summed E-state index contributed by atoms with van der Waals surface area (Å²) in [4.78, 5) is 25.9. The number of rotatable bonds is 21. The number of pyridine rings is 1. The Morgan fingerprint density at radius 1 is 0.803 bits per heavy atom. The molecule has 6 rings (SSSR count). The zero-order valence-corrected chi connectivity index (χ0v) is 34.5. The first-order valence-corrected chi connectivity index (χ1v) is 20.1. The third kappa shape index (κ3) is 11.7. The van der Waals surface area contributed by atoms with Gasteiger partial charge in [-0.25, -0.2) is 0 Å². The molecule has 0 spiro atoms. The number of ether oxygens (including phenoxy) is 2. The van der Waals surface area contributed by atoms with E-state index in [0.29, 0.717) is 46.3 Å². The van der Waals surface area contributed by atoms with Crippen LogP contribution in [0.15, 0.2) is 91.4 Å². The monoisotopic (exact) mass is 846 g/mol. The Kier molecular flexibility index (Phi) is 15.0. The third-order valence-electron chi connectivity index (χ3n) is 10.2. The van der Waals surface area contributed by atoms with E-state index in [1.807, 2.05) is 29.1 Å². The lowest BCUT2D eigenvalue weighted by molar-refractivity contribution is -0.140. The summed E-state index contributed by atoms with van der Waals surface area (Å²) in [7, 11) is 0. The maximum absolute atomic E-state index is 11.0. The van der Waals surface area contributed by atoms with Gasteiger partial charge < -0.3 is 40.5 Å². The van der Waals surface area contributed by atoms with Crippen LogP contribution in [0.2, 0.25) is 5.02 Å². The molecule has 2 aromatic heterocycles. The summed E-state index contributed by atoms with van der Waals surface area (Å²) < 4.78 is 14.4. The summed E-state index contributed by atoms with van der Waals surface area (Å²) in [5.74, 6) is -1.29. The standard InChI is InChI=1S/C46H47ClN6O8/c1-28-33(27-61-44-18-43(60-26-31-13-30(19-48)20-50-21-31)35(15-41(44)47)22-51-25-37(55)17-46(58)59)5-3-7-39(28)40-8-4-6-38(29(40)2)32-9-10-42-34(14-32)23-52-53(42)12-11-49-24-36(54)16-45(56)57/h3-10,13-15,18,20-21,23,36-37,49,51,54-55H,11-12,16-17,22,24-27H2,1-2H3,(H,56,57)(H,58,59)/t36-,37-/m0/s1. The summed E-state index contributed by atoms with van der Waals surface area (Å²) in [6.07, 6.45) is 2.19. The van der Waals surface area contributed by atoms with Crippen LogP contribution in [0.25, 0.3) is 33.2 Å². The Labute approximate surface area is 358 Å². The van der Waals surface area contributed by atoms with Crippen LogP contribution in [0, 0.1) is 25.2 Å². The molecule has 0 unspecified atom stereocenters. The van der Waals surface area contributed by atoms with Crippen molar-refractivity contribution in [3.63, 3.8) is 0 Å². The van der Waals surface area contributed by atoms with Crippen molar-refractivity contribution in [2.24, 2.45) is 0 Å². The van der Waals surface area contributed by atoms with Gasteiger partial charge in [0.05, 0.1) is 53.9 Å². The van der Waals surface area contributed by atoms with E-state index in [1.54, 1.807) is 24.4 Å². The van der Waals surface area contributed by atoms with Crippen molar-refractivity contribution < 1.29 is 39.5 Å². The van der Waals surface area contributed by atoms with Gasteiger partial charge in [0.15, 0.2) is 0 Å². The van der Waals surface area contributed by atoms with Gasteiger partial charge in [-0.15, -0.1) is 0 Å². The first-order chi connectivity index (χ1) is 29.4. The lowest BCUT2D eigenvalue weighted by atomic mass is 9.89. The Morgan fingerprint density at radius 2 is 1.49 bits per heavy atom. The van der Waals surface area contributed by atoms with Gasteiger partial charge in [-0.1, -0.05) is 54.1 Å². The van der Waals surface area contributed by atoms with Gasteiger partial charge >= 0.3 is 11.9 Å². The molecule has 0 radical (unpaired) electrons. The van der Waals surface area contributed by atoms with Gasteiger partial charge in [-0.05, 0) is 77.1 Å². The SMILES string of the molecule is Cc1c(COc2cc(OCc3cncc(C#N)c3)c(CNC[C@@H](O)CC(=O)O)cc2Cl)cccc1-c1cccc(-c2ccc3c(cnn3CCNC[C@@H](O)CC(=O)O)c2)c1C. The maximum Gasteiger partial charge on any atom is 0.306 e. The fraction of sp³-hybridized carbons (Fsp3) is 0.283. The highest BCUT2D eigenvalue weighted by Crippen LogP contribution is 2.37. The average molecular weight is 847 g/mol. The molecule has 15 heteroatoms. The lowest BCUT2D eigenvalue weighted by Crippen LogP contribution is -2.31. The second kappa shape index (κ2) is 20.8. The molecule has 2 heterocycles. The zero-order chi connectivity index (χ0) is 43.5. The lowest BCUT2D eigenvalue weighted by Gasteiger charge is -2.18. The van der Waals surface area contributed by atoms with Crippen LogP contribution in [0.4, 0.5) is 0 Å². The summed E-state index contributed by atoms with van der Waals surface area (Å²) in [6, 6.07) is 25.8. The second-order valence-electron chi connectivity index (χ2n) is 14.7. The van der Waals surface area contributed by atoms with Gasteiger partial charge in [0.1, 0.15) is 30.8 Å². The van der Waals surface area contributed by atoms with E-state index in [-0.39, 0.29) is 39.3 Å². The Bertz CT molecular complexity index is 2550. The average Bonchev–Trinajstić information content (AvgIpc) is 3.64. The van der Waals surface area contributed by atoms with Crippen molar-refractivity contribution in [3.05, 3.63) is 130 Å². The highest BCUT2D eigenvalue weighted by molar-refractivity contribution is 6.32. The van der Waals surface area contributed by atoms with Gasteiger partial charge in [0.25, 0.3) is 0 Å². The van der Waals surface area contributed by atoms with Crippen LogP contribution in [0.5, 0.6) is 11.5 Å². The van der Waals surface area contributed by atoms with E-state index in [4.69, 9.17) is 31.3 Å². The normalized spacial score (nSPS) is 12.2.